The van der Waals surface area contributed by atoms with Crippen LogP contribution in [0.3, 0.4) is 0 Å². The number of hydrogen-bond acceptors (Lipinski definition) is 2. The molecule has 1 aliphatic carbocycles. The van der Waals surface area contributed by atoms with Crippen molar-refractivity contribution in [1.82, 2.24) is 4.98 Å². The average Bonchev–Trinajstić information content (AvgIpc) is 2.93. The standard InChI is InChI=1S/C15H11NO2/c17-14-11-5-2-1-4-10(11)7-8-12(14)15(18)13-6-3-9-16-13/h1-6,8-9,16H,7H2. The minimum Gasteiger partial charge on any atom is -0.359 e. The largest absolute Gasteiger partial charge is 0.359 e. The molecule has 3 rings (SSSR count). The van der Waals surface area contributed by atoms with Gasteiger partial charge < -0.3 is 4.98 Å². The van der Waals surface area contributed by atoms with E-state index in [4.69, 9.17) is 0 Å². The van der Waals surface area contributed by atoms with Crippen molar-refractivity contribution >= 4 is 11.6 Å². The van der Waals surface area contributed by atoms with E-state index in [1.54, 1.807) is 30.5 Å². The van der Waals surface area contributed by atoms with Gasteiger partial charge in [0.2, 0.25) is 5.78 Å². The highest BCUT2D eigenvalue weighted by Crippen LogP contribution is 2.23. The lowest BCUT2D eigenvalue weighted by Crippen LogP contribution is -2.19. The summed E-state index contributed by atoms with van der Waals surface area (Å²) in [5.74, 6) is -0.420. The number of Topliss-reactive ketones (excluding diaryl/α,β-unsaturated/α-hetero) is 2. The Labute approximate surface area is 104 Å². The van der Waals surface area contributed by atoms with Gasteiger partial charge in [-0.25, -0.2) is 0 Å². The Morgan fingerprint density at radius 1 is 1.11 bits per heavy atom. The number of H-pyrrole nitrogens is 1. The third-order valence-corrected chi connectivity index (χ3v) is 3.12. The number of nitrogens with one attached hydrogen (secondary N) is 1. The molecule has 3 heteroatoms. The number of fused-ring (bicyclic) bond motifs is 1. The zero-order valence-electron chi connectivity index (χ0n) is 9.64. The average molecular weight is 237 g/mol. The zero-order valence-corrected chi connectivity index (χ0v) is 9.64. The molecule has 1 aromatic carbocycles. The van der Waals surface area contributed by atoms with Crippen molar-refractivity contribution in [2.24, 2.45) is 0 Å². The van der Waals surface area contributed by atoms with Crippen molar-refractivity contribution in [2.45, 2.75) is 6.42 Å². The molecule has 1 heterocycles. The fraction of sp³-hybridized carbons (Fsp3) is 0.0667. The van der Waals surface area contributed by atoms with Gasteiger partial charge in [0.25, 0.3) is 0 Å². The number of hydrogen-bond donors (Lipinski definition) is 1. The van der Waals surface area contributed by atoms with Crippen LogP contribution in [0.4, 0.5) is 0 Å². The molecule has 0 saturated heterocycles. The second-order valence-electron chi connectivity index (χ2n) is 4.22. The number of benzene rings is 1. The molecule has 0 fully saturated rings. The van der Waals surface area contributed by atoms with Crippen LogP contribution in [-0.4, -0.2) is 16.6 Å². The summed E-state index contributed by atoms with van der Waals surface area (Å²) in [5, 5.41) is 0. The first-order valence-electron chi connectivity index (χ1n) is 5.78. The van der Waals surface area contributed by atoms with E-state index in [0.717, 1.165) is 5.56 Å². The molecule has 18 heavy (non-hydrogen) atoms. The van der Waals surface area contributed by atoms with E-state index in [0.29, 0.717) is 17.7 Å². The molecule has 0 radical (unpaired) electrons. The summed E-state index contributed by atoms with van der Waals surface area (Å²) < 4.78 is 0. The van der Waals surface area contributed by atoms with Gasteiger partial charge in [0, 0.05) is 11.8 Å². The number of aromatic amines is 1. The van der Waals surface area contributed by atoms with Gasteiger partial charge in [0.05, 0.1) is 11.3 Å². The molecule has 0 amide bonds. The Balaban J connectivity index is 2.00. The highest BCUT2D eigenvalue weighted by Gasteiger charge is 2.26. The summed E-state index contributed by atoms with van der Waals surface area (Å²) in [6.07, 6.45) is 4.02. The Hall–Kier alpha value is -2.42. The van der Waals surface area contributed by atoms with E-state index < -0.39 is 0 Å². The SMILES string of the molecule is O=C(C1=CCc2ccccc2C1=O)c1ccc[nH]1. The molecule has 0 spiro atoms. The first-order chi connectivity index (χ1) is 8.77. The molecule has 0 atom stereocenters. The second-order valence-corrected chi connectivity index (χ2v) is 4.22. The molecule has 3 nitrogen and oxygen atoms in total. The lowest BCUT2D eigenvalue weighted by atomic mass is 9.88. The maximum atomic E-state index is 12.3. The normalized spacial score (nSPS) is 14.0. The maximum absolute atomic E-state index is 12.3. The number of carbonyl (C=O) groups excluding carboxylic acids is 2. The van der Waals surface area contributed by atoms with Crippen molar-refractivity contribution < 1.29 is 9.59 Å². The Kier molecular flexibility index (Phi) is 2.45. The molecule has 1 aliphatic rings. The van der Waals surface area contributed by atoms with E-state index in [-0.39, 0.29) is 17.1 Å². The number of allylic oxidation sites excluding steroid dienone is 2. The van der Waals surface area contributed by atoms with Crippen molar-refractivity contribution in [2.75, 3.05) is 0 Å². The van der Waals surface area contributed by atoms with Gasteiger partial charge in [-0.1, -0.05) is 30.3 Å². The summed E-state index contributed by atoms with van der Waals surface area (Å²) in [7, 11) is 0. The van der Waals surface area contributed by atoms with Gasteiger partial charge in [0.15, 0.2) is 5.78 Å². The summed E-state index contributed by atoms with van der Waals surface area (Å²) in [4.78, 5) is 27.2. The van der Waals surface area contributed by atoms with Crippen LogP contribution in [0.1, 0.15) is 26.4 Å². The van der Waals surface area contributed by atoms with Crippen LogP contribution >= 0.6 is 0 Å². The minimum absolute atomic E-state index is 0.184. The topological polar surface area (TPSA) is 49.9 Å². The van der Waals surface area contributed by atoms with Gasteiger partial charge in [-0.15, -0.1) is 0 Å². The van der Waals surface area contributed by atoms with Gasteiger partial charge in [-0.3, -0.25) is 9.59 Å². The maximum Gasteiger partial charge on any atom is 0.212 e. The van der Waals surface area contributed by atoms with Gasteiger partial charge in [-0.2, -0.15) is 0 Å². The van der Waals surface area contributed by atoms with Crippen molar-refractivity contribution in [3.63, 3.8) is 0 Å². The third-order valence-electron chi connectivity index (χ3n) is 3.12. The molecule has 1 aromatic heterocycles. The van der Waals surface area contributed by atoms with Gasteiger partial charge in [0.1, 0.15) is 0 Å². The summed E-state index contributed by atoms with van der Waals surface area (Å²) in [6.45, 7) is 0. The highest BCUT2D eigenvalue weighted by atomic mass is 16.1. The van der Waals surface area contributed by atoms with E-state index in [9.17, 15) is 9.59 Å². The van der Waals surface area contributed by atoms with E-state index in [1.165, 1.54) is 0 Å². The first-order valence-corrected chi connectivity index (χ1v) is 5.78. The van der Waals surface area contributed by atoms with Crippen molar-refractivity contribution in [1.29, 1.82) is 0 Å². The van der Waals surface area contributed by atoms with E-state index in [1.807, 2.05) is 18.2 Å². The predicted molar refractivity (Wildman–Crippen MR) is 67.7 cm³/mol. The zero-order chi connectivity index (χ0) is 12.5. The summed E-state index contributed by atoms with van der Waals surface area (Å²) in [5.41, 5.74) is 2.32. The number of ketones is 2. The summed E-state index contributed by atoms with van der Waals surface area (Å²) >= 11 is 0. The smallest absolute Gasteiger partial charge is 0.212 e. The van der Waals surface area contributed by atoms with Crippen LogP contribution in [0.5, 0.6) is 0 Å². The van der Waals surface area contributed by atoms with E-state index in [2.05, 4.69) is 4.98 Å². The second kappa shape index (κ2) is 4.11. The molecule has 0 bridgehead atoms. The van der Waals surface area contributed by atoms with Gasteiger partial charge in [-0.05, 0) is 24.1 Å². The van der Waals surface area contributed by atoms with Crippen LogP contribution in [0.15, 0.2) is 54.2 Å². The molecular weight excluding hydrogens is 226 g/mol. The fourth-order valence-corrected chi connectivity index (χ4v) is 2.18. The van der Waals surface area contributed by atoms with Crippen LogP contribution in [0.2, 0.25) is 0 Å². The minimum atomic E-state index is -0.237. The monoisotopic (exact) mass is 237 g/mol. The Morgan fingerprint density at radius 3 is 2.72 bits per heavy atom. The predicted octanol–water partition coefficient (Wildman–Crippen LogP) is 2.56. The van der Waals surface area contributed by atoms with Crippen LogP contribution in [-0.2, 0) is 6.42 Å². The number of aromatic nitrogens is 1. The Morgan fingerprint density at radius 2 is 1.94 bits per heavy atom. The molecule has 0 saturated carbocycles. The summed E-state index contributed by atoms with van der Waals surface area (Å²) in [6, 6.07) is 10.8. The van der Waals surface area contributed by atoms with Crippen molar-refractivity contribution in [3.8, 4) is 0 Å². The van der Waals surface area contributed by atoms with Crippen LogP contribution in [0, 0.1) is 0 Å². The molecular formula is C15H11NO2. The van der Waals surface area contributed by atoms with Crippen molar-refractivity contribution in [3.05, 3.63) is 71.1 Å². The fourth-order valence-electron chi connectivity index (χ4n) is 2.18. The molecule has 88 valence electrons. The molecule has 1 N–H and O–H groups in total. The van der Waals surface area contributed by atoms with E-state index >= 15 is 0 Å². The van der Waals surface area contributed by atoms with Crippen LogP contribution < -0.4 is 0 Å². The first kappa shape index (κ1) is 10.7. The van der Waals surface area contributed by atoms with Gasteiger partial charge >= 0.3 is 0 Å². The number of carbonyl (C=O) groups is 2. The quantitative estimate of drug-likeness (QED) is 0.644. The highest BCUT2D eigenvalue weighted by molar-refractivity contribution is 6.31. The van der Waals surface area contributed by atoms with Crippen LogP contribution in [0.25, 0.3) is 0 Å². The number of rotatable bonds is 2. The molecule has 2 aromatic rings. The lowest BCUT2D eigenvalue weighted by molar-refractivity contribution is 0.0957. The molecule has 0 aliphatic heterocycles. The lowest BCUT2D eigenvalue weighted by Gasteiger charge is -2.14. The third kappa shape index (κ3) is 1.61. The molecule has 0 unspecified atom stereocenters. The Bertz CT molecular complexity index is 651.